The fraction of sp³-hybridized carbons (Fsp3) is 0.900. The van der Waals surface area contributed by atoms with Crippen LogP contribution in [0.1, 0.15) is 110 Å². The molecule has 2 amide bonds. The van der Waals surface area contributed by atoms with Gasteiger partial charge in [0.15, 0.2) is 6.73 Å². The van der Waals surface area contributed by atoms with Gasteiger partial charge in [-0.05, 0) is 6.42 Å². The van der Waals surface area contributed by atoms with Gasteiger partial charge in [-0.15, -0.1) is 0 Å². The number of hydrogen-bond acceptors (Lipinski definition) is 9. The van der Waals surface area contributed by atoms with Gasteiger partial charge in [-0.2, -0.15) is 0 Å². The lowest BCUT2D eigenvalue weighted by molar-refractivity contribution is -0.143. The van der Waals surface area contributed by atoms with E-state index in [1.54, 1.807) is 0 Å². The maximum absolute atomic E-state index is 11.5. The molecule has 0 saturated carbocycles. The lowest BCUT2D eigenvalue weighted by atomic mass is 10.0. The van der Waals surface area contributed by atoms with Gasteiger partial charge in [0.2, 0.25) is 11.8 Å². The molecular formula is C30H55NO9. The summed E-state index contributed by atoms with van der Waals surface area (Å²) in [5.41, 5.74) is 0. The number of rotatable bonds is 29. The Morgan fingerprint density at radius 1 is 0.525 bits per heavy atom. The third-order valence-electron chi connectivity index (χ3n) is 6.67. The van der Waals surface area contributed by atoms with Crippen molar-refractivity contribution in [2.24, 2.45) is 0 Å². The van der Waals surface area contributed by atoms with Gasteiger partial charge < -0.3 is 28.4 Å². The molecule has 0 aliphatic carbocycles. The van der Waals surface area contributed by atoms with Gasteiger partial charge >= 0.3 is 6.16 Å². The highest BCUT2D eigenvalue weighted by atomic mass is 16.7. The summed E-state index contributed by atoms with van der Waals surface area (Å²) in [6.45, 7) is 5.75. The van der Waals surface area contributed by atoms with E-state index < -0.39 is 12.9 Å². The third kappa shape index (κ3) is 22.0. The molecule has 0 radical (unpaired) electrons. The van der Waals surface area contributed by atoms with Crippen molar-refractivity contribution >= 4 is 18.0 Å². The van der Waals surface area contributed by atoms with Crippen molar-refractivity contribution in [2.45, 2.75) is 110 Å². The van der Waals surface area contributed by atoms with Crippen molar-refractivity contribution in [3.63, 3.8) is 0 Å². The first-order chi connectivity index (χ1) is 19.6. The van der Waals surface area contributed by atoms with E-state index in [2.05, 4.69) is 6.92 Å². The molecular weight excluding hydrogens is 518 g/mol. The van der Waals surface area contributed by atoms with E-state index in [0.29, 0.717) is 39.6 Å². The zero-order valence-corrected chi connectivity index (χ0v) is 25.0. The number of ether oxygens (including phenoxy) is 6. The number of imide groups is 1. The lowest BCUT2D eigenvalue weighted by Crippen LogP contribution is -2.32. The number of carbonyl (C=O) groups excluding carboxylic acids is 3. The number of nitrogens with zero attached hydrogens (tertiary/aromatic N) is 1. The van der Waals surface area contributed by atoms with Crippen LogP contribution in [0.25, 0.3) is 0 Å². The Kier molecular flexibility index (Phi) is 24.9. The van der Waals surface area contributed by atoms with Gasteiger partial charge in [0.05, 0.1) is 46.2 Å². The summed E-state index contributed by atoms with van der Waals surface area (Å²) >= 11 is 0. The third-order valence-corrected chi connectivity index (χ3v) is 6.67. The highest BCUT2D eigenvalue weighted by Crippen LogP contribution is 2.13. The largest absolute Gasteiger partial charge is 0.510 e. The number of likely N-dealkylation sites (tertiary alicyclic amines) is 1. The molecule has 1 rings (SSSR count). The maximum Gasteiger partial charge on any atom is 0.510 e. The average molecular weight is 574 g/mol. The topological polar surface area (TPSA) is 110 Å². The first-order valence-electron chi connectivity index (χ1n) is 15.6. The van der Waals surface area contributed by atoms with Crippen LogP contribution in [0.3, 0.4) is 0 Å². The van der Waals surface area contributed by atoms with E-state index in [-0.39, 0.29) is 37.9 Å². The molecule has 234 valence electrons. The van der Waals surface area contributed by atoms with Crippen molar-refractivity contribution in [1.29, 1.82) is 0 Å². The van der Waals surface area contributed by atoms with E-state index in [1.807, 2.05) is 0 Å². The van der Waals surface area contributed by atoms with Crippen LogP contribution in [0.15, 0.2) is 0 Å². The molecule has 0 aromatic carbocycles. The second-order valence-electron chi connectivity index (χ2n) is 10.1. The zero-order chi connectivity index (χ0) is 28.9. The predicted molar refractivity (Wildman–Crippen MR) is 152 cm³/mol. The van der Waals surface area contributed by atoms with Crippen LogP contribution in [0.4, 0.5) is 4.79 Å². The minimum absolute atomic E-state index is 0.00317. The van der Waals surface area contributed by atoms with Crippen molar-refractivity contribution in [2.75, 3.05) is 66.2 Å². The van der Waals surface area contributed by atoms with Gasteiger partial charge in [-0.1, -0.05) is 90.4 Å². The molecule has 1 fully saturated rings. The number of unbranched alkanes of at least 4 members (excludes halogenated alkanes) is 13. The molecule has 0 unspecified atom stereocenters. The van der Waals surface area contributed by atoms with Crippen LogP contribution >= 0.6 is 0 Å². The first kappa shape index (κ1) is 36.3. The Morgan fingerprint density at radius 3 is 1.35 bits per heavy atom. The van der Waals surface area contributed by atoms with E-state index >= 15 is 0 Å². The Morgan fingerprint density at radius 2 is 0.900 bits per heavy atom. The summed E-state index contributed by atoms with van der Waals surface area (Å²) in [5.74, 6) is -0.703. The molecule has 0 atom stereocenters. The Bertz CT molecular complexity index is 616. The molecule has 0 aromatic rings. The van der Waals surface area contributed by atoms with E-state index in [0.717, 1.165) is 17.9 Å². The lowest BCUT2D eigenvalue weighted by Gasteiger charge is -2.13. The fourth-order valence-corrected chi connectivity index (χ4v) is 4.27. The molecule has 40 heavy (non-hydrogen) atoms. The highest BCUT2D eigenvalue weighted by Gasteiger charge is 2.29. The molecule has 1 aliphatic rings. The Hall–Kier alpha value is -1.75. The second kappa shape index (κ2) is 27.4. The van der Waals surface area contributed by atoms with Crippen LogP contribution in [0.2, 0.25) is 0 Å². The van der Waals surface area contributed by atoms with Crippen LogP contribution < -0.4 is 0 Å². The molecule has 0 N–H and O–H groups in total. The standard InChI is InChI=1S/C30H55NO9/c1-2-3-4-5-6-7-8-9-10-11-12-13-14-15-18-35-19-20-36-21-22-37-23-24-38-25-26-39-30(34)40-27-31-28(32)16-17-29(31)33/h2-27H2,1H3. The van der Waals surface area contributed by atoms with Crippen LogP contribution in [-0.4, -0.2) is 89.1 Å². The molecule has 1 aliphatic heterocycles. The van der Waals surface area contributed by atoms with E-state index in [9.17, 15) is 14.4 Å². The second-order valence-corrected chi connectivity index (χ2v) is 10.1. The minimum atomic E-state index is -0.951. The van der Waals surface area contributed by atoms with Gasteiger partial charge in [-0.25, -0.2) is 9.69 Å². The molecule has 0 aromatic heterocycles. The Balaban J connectivity index is 1.68. The van der Waals surface area contributed by atoms with Crippen molar-refractivity contribution in [3.8, 4) is 0 Å². The van der Waals surface area contributed by atoms with Crippen molar-refractivity contribution in [1.82, 2.24) is 4.90 Å². The predicted octanol–water partition coefficient (Wildman–Crippen LogP) is 5.79. The van der Waals surface area contributed by atoms with Gasteiger partial charge in [0, 0.05) is 19.4 Å². The summed E-state index contributed by atoms with van der Waals surface area (Å²) < 4.78 is 31.4. The summed E-state index contributed by atoms with van der Waals surface area (Å²) in [6.07, 6.45) is 18.4. The van der Waals surface area contributed by atoms with Crippen LogP contribution in [0, 0.1) is 0 Å². The summed E-state index contributed by atoms with van der Waals surface area (Å²) in [7, 11) is 0. The van der Waals surface area contributed by atoms with Crippen molar-refractivity contribution in [3.05, 3.63) is 0 Å². The molecule has 10 nitrogen and oxygen atoms in total. The summed E-state index contributed by atoms with van der Waals surface area (Å²) in [4.78, 5) is 35.2. The molecule has 1 saturated heterocycles. The average Bonchev–Trinajstić information content (AvgIpc) is 3.27. The fourth-order valence-electron chi connectivity index (χ4n) is 4.27. The molecule has 1 heterocycles. The van der Waals surface area contributed by atoms with Gasteiger partial charge in [-0.3, -0.25) is 9.59 Å². The highest BCUT2D eigenvalue weighted by molar-refractivity contribution is 6.01. The van der Waals surface area contributed by atoms with Gasteiger partial charge in [0.1, 0.15) is 6.61 Å². The number of carbonyl (C=O) groups is 3. The van der Waals surface area contributed by atoms with Crippen LogP contribution in [0.5, 0.6) is 0 Å². The summed E-state index contributed by atoms with van der Waals surface area (Å²) in [5, 5.41) is 0. The van der Waals surface area contributed by atoms with Crippen LogP contribution in [-0.2, 0) is 38.0 Å². The monoisotopic (exact) mass is 573 g/mol. The number of hydrogen-bond donors (Lipinski definition) is 0. The molecule has 0 bridgehead atoms. The first-order valence-corrected chi connectivity index (χ1v) is 15.6. The molecule has 10 heteroatoms. The number of amides is 2. The van der Waals surface area contributed by atoms with E-state index in [4.69, 9.17) is 28.4 Å². The zero-order valence-electron chi connectivity index (χ0n) is 25.0. The quantitative estimate of drug-likeness (QED) is 0.0623. The molecule has 0 spiro atoms. The SMILES string of the molecule is CCCCCCCCCCCCCCCCOCCOCCOCCOCCOC(=O)OCN1C(=O)CCC1=O. The summed E-state index contributed by atoms with van der Waals surface area (Å²) in [6, 6.07) is 0. The normalized spacial score (nSPS) is 13.4. The van der Waals surface area contributed by atoms with Gasteiger partial charge in [0.25, 0.3) is 0 Å². The Labute approximate surface area is 241 Å². The smallest absolute Gasteiger partial charge is 0.432 e. The maximum atomic E-state index is 11.5. The van der Waals surface area contributed by atoms with Crippen molar-refractivity contribution < 1.29 is 42.8 Å². The minimum Gasteiger partial charge on any atom is -0.432 e. The van der Waals surface area contributed by atoms with E-state index in [1.165, 1.54) is 83.5 Å².